The highest BCUT2D eigenvalue weighted by molar-refractivity contribution is 7.15. The molecule has 0 heterocycles. The maximum atomic E-state index is 10.9. The number of hydrogen-bond acceptors (Lipinski definition) is 2. The van der Waals surface area contributed by atoms with E-state index in [1.54, 1.807) is 0 Å². The second-order valence-electron chi connectivity index (χ2n) is 5.69. The Morgan fingerprint density at radius 1 is 1.20 bits per heavy atom. The van der Waals surface area contributed by atoms with Gasteiger partial charge in [-0.3, -0.25) is 0 Å². The summed E-state index contributed by atoms with van der Waals surface area (Å²) < 4.78 is 4.97. The molecular formula is C17H27O2P. The second kappa shape index (κ2) is 9.72. The molecule has 1 unspecified atom stereocenters. The number of hydrogen-bond donors (Lipinski definition) is 0. The molecule has 0 saturated heterocycles. The van der Waals surface area contributed by atoms with Crippen LogP contribution in [0.5, 0.6) is 0 Å². The molecule has 112 valence electrons. The molecule has 0 fully saturated rings. The first-order valence-corrected chi connectivity index (χ1v) is 8.01. The van der Waals surface area contributed by atoms with Crippen LogP contribution >= 0.6 is 9.24 Å². The van der Waals surface area contributed by atoms with Crippen molar-refractivity contribution < 1.29 is 9.53 Å². The lowest BCUT2D eigenvalue weighted by Gasteiger charge is -2.17. The van der Waals surface area contributed by atoms with Crippen molar-refractivity contribution in [1.29, 1.82) is 0 Å². The molecule has 1 atom stereocenters. The zero-order valence-electron chi connectivity index (χ0n) is 13.1. The smallest absolute Gasteiger partial charge is 0.330 e. The summed E-state index contributed by atoms with van der Waals surface area (Å²) in [5.74, 6) is -0.383. The van der Waals surface area contributed by atoms with Crippen LogP contribution in [0, 0.1) is 5.41 Å². The highest BCUT2D eigenvalue weighted by Crippen LogP contribution is 2.21. The first kappa shape index (κ1) is 18.9. The van der Waals surface area contributed by atoms with Crippen LogP contribution in [0.3, 0.4) is 0 Å². The summed E-state index contributed by atoms with van der Waals surface area (Å²) in [5, 5.41) is 0. The van der Waals surface area contributed by atoms with Gasteiger partial charge in [0.25, 0.3) is 0 Å². The summed E-state index contributed by atoms with van der Waals surface area (Å²) in [6.45, 7) is 12.3. The second-order valence-corrected chi connectivity index (χ2v) is 5.69. The van der Waals surface area contributed by atoms with Crippen LogP contribution < -0.4 is 0 Å². The molecule has 20 heavy (non-hydrogen) atoms. The molecule has 1 aromatic rings. The Bertz CT molecular complexity index is 402. The van der Waals surface area contributed by atoms with E-state index in [-0.39, 0.29) is 5.97 Å². The molecule has 0 saturated carbocycles. The summed E-state index contributed by atoms with van der Waals surface area (Å²) in [7, 11) is 2.42. The van der Waals surface area contributed by atoms with Crippen molar-refractivity contribution in [3.63, 3.8) is 0 Å². The van der Waals surface area contributed by atoms with Gasteiger partial charge in [0.15, 0.2) is 0 Å². The summed E-state index contributed by atoms with van der Waals surface area (Å²) in [6, 6.07) is 8.22. The fourth-order valence-electron chi connectivity index (χ4n) is 1.53. The van der Waals surface area contributed by atoms with Crippen molar-refractivity contribution in [2.45, 2.75) is 40.2 Å². The predicted molar refractivity (Wildman–Crippen MR) is 89.8 cm³/mol. The first-order chi connectivity index (χ1) is 9.40. The average molecular weight is 294 g/mol. The van der Waals surface area contributed by atoms with Gasteiger partial charge < -0.3 is 4.74 Å². The number of aryl methyl sites for hydroxylation is 1. The van der Waals surface area contributed by atoms with Gasteiger partial charge in [-0.25, -0.2) is 4.79 Å². The minimum Gasteiger partial charge on any atom is -0.458 e. The molecule has 0 spiro atoms. The molecule has 1 aromatic carbocycles. The van der Waals surface area contributed by atoms with Gasteiger partial charge in [0.1, 0.15) is 6.61 Å². The zero-order chi connectivity index (χ0) is 15.6. The summed E-state index contributed by atoms with van der Waals surface area (Å²) in [6.07, 6.45) is 3.42. The van der Waals surface area contributed by atoms with Crippen LogP contribution in [0.15, 0.2) is 36.9 Å². The SMILES string of the molecule is C=CC(=O)OCc1ccc(CCC(C)(C)C)cc1.CP. The molecular weight excluding hydrogens is 267 g/mol. The lowest BCUT2D eigenvalue weighted by Crippen LogP contribution is -2.06. The van der Waals surface area contributed by atoms with E-state index in [0.29, 0.717) is 12.0 Å². The molecule has 0 N–H and O–H groups in total. The van der Waals surface area contributed by atoms with E-state index in [4.69, 9.17) is 4.74 Å². The Balaban J connectivity index is 0.00000172. The van der Waals surface area contributed by atoms with E-state index in [1.165, 1.54) is 11.6 Å². The Kier molecular flexibility index (Phi) is 9.16. The van der Waals surface area contributed by atoms with E-state index in [9.17, 15) is 4.79 Å². The monoisotopic (exact) mass is 294 g/mol. The van der Waals surface area contributed by atoms with Gasteiger partial charge in [0.2, 0.25) is 0 Å². The normalized spacial score (nSPS) is 10.2. The number of esters is 1. The van der Waals surface area contributed by atoms with E-state index >= 15 is 0 Å². The average Bonchev–Trinajstić information content (AvgIpc) is 2.45. The quantitative estimate of drug-likeness (QED) is 0.457. The van der Waals surface area contributed by atoms with Crippen molar-refractivity contribution in [2.75, 3.05) is 6.66 Å². The summed E-state index contributed by atoms with van der Waals surface area (Å²) in [4.78, 5) is 10.9. The van der Waals surface area contributed by atoms with Gasteiger partial charge in [-0.2, -0.15) is 0 Å². The Morgan fingerprint density at radius 2 is 1.70 bits per heavy atom. The maximum absolute atomic E-state index is 10.9. The topological polar surface area (TPSA) is 26.3 Å². The maximum Gasteiger partial charge on any atom is 0.330 e. The first-order valence-electron chi connectivity index (χ1n) is 6.85. The third kappa shape index (κ3) is 8.87. The molecule has 0 bridgehead atoms. The number of benzene rings is 1. The van der Waals surface area contributed by atoms with Crippen molar-refractivity contribution in [1.82, 2.24) is 0 Å². The third-order valence-corrected chi connectivity index (χ3v) is 2.73. The molecule has 0 aliphatic heterocycles. The van der Waals surface area contributed by atoms with Gasteiger partial charge in [0, 0.05) is 6.08 Å². The third-order valence-electron chi connectivity index (χ3n) is 2.73. The van der Waals surface area contributed by atoms with Gasteiger partial charge in [0.05, 0.1) is 0 Å². The Labute approximate surface area is 125 Å². The van der Waals surface area contributed by atoms with E-state index in [0.717, 1.165) is 18.4 Å². The van der Waals surface area contributed by atoms with Crippen molar-refractivity contribution in [3.8, 4) is 0 Å². The molecule has 0 amide bonds. The highest BCUT2D eigenvalue weighted by atomic mass is 31.0. The van der Waals surface area contributed by atoms with Crippen molar-refractivity contribution in [3.05, 3.63) is 48.0 Å². The van der Waals surface area contributed by atoms with Crippen molar-refractivity contribution >= 4 is 15.2 Å². The van der Waals surface area contributed by atoms with E-state index in [1.807, 2.05) is 18.8 Å². The summed E-state index contributed by atoms with van der Waals surface area (Å²) in [5.41, 5.74) is 2.69. The van der Waals surface area contributed by atoms with Gasteiger partial charge in [-0.05, 0) is 29.4 Å². The molecule has 2 nitrogen and oxygen atoms in total. The molecule has 0 aliphatic carbocycles. The molecule has 3 heteroatoms. The van der Waals surface area contributed by atoms with Crippen LogP contribution in [0.4, 0.5) is 0 Å². The number of carbonyl (C=O) groups is 1. The zero-order valence-corrected chi connectivity index (χ0v) is 14.3. The minimum atomic E-state index is -0.383. The van der Waals surface area contributed by atoms with E-state index < -0.39 is 0 Å². The molecule has 0 aromatic heterocycles. The standard InChI is InChI=1S/C16H22O2.CH5P/c1-5-15(17)18-12-14-8-6-13(7-9-14)10-11-16(2,3)4;1-2/h5-9H,1,10-12H2,2-4H3;2H2,1H3. The number of rotatable bonds is 5. The van der Waals surface area contributed by atoms with Crippen molar-refractivity contribution in [2.24, 2.45) is 5.41 Å². The molecule has 0 radical (unpaired) electrons. The lowest BCUT2D eigenvalue weighted by atomic mass is 9.88. The summed E-state index contributed by atoms with van der Waals surface area (Å²) >= 11 is 0. The highest BCUT2D eigenvalue weighted by Gasteiger charge is 2.09. The van der Waals surface area contributed by atoms with E-state index in [2.05, 4.69) is 48.7 Å². The van der Waals surface area contributed by atoms with Crippen LogP contribution in [0.1, 0.15) is 38.3 Å². The Hall–Kier alpha value is -1.14. The Morgan fingerprint density at radius 3 is 2.15 bits per heavy atom. The molecule has 0 aliphatic rings. The van der Waals surface area contributed by atoms with Crippen LogP contribution in [-0.2, 0) is 22.6 Å². The van der Waals surface area contributed by atoms with Crippen LogP contribution in [0.25, 0.3) is 0 Å². The lowest BCUT2D eigenvalue weighted by molar-refractivity contribution is -0.138. The number of ether oxygens (including phenoxy) is 1. The minimum absolute atomic E-state index is 0.310. The largest absolute Gasteiger partial charge is 0.458 e. The van der Waals surface area contributed by atoms with Crippen LogP contribution in [-0.4, -0.2) is 12.6 Å². The molecule has 1 rings (SSSR count). The van der Waals surface area contributed by atoms with Gasteiger partial charge in [-0.1, -0.05) is 58.3 Å². The van der Waals surface area contributed by atoms with Gasteiger partial charge in [-0.15, -0.1) is 9.24 Å². The fourth-order valence-corrected chi connectivity index (χ4v) is 1.53. The number of carbonyl (C=O) groups excluding carboxylic acids is 1. The fraction of sp³-hybridized carbons (Fsp3) is 0.471. The predicted octanol–water partition coefficient (Wildman–Crippen LogP) is 4.39. The van der Waals surface area contributed by atoms with Gasteiger partial charge >= 0.3 is 5.97 Å². The van der Waals surface area contributed by atoms with Crippen LogP contribution in [0.2, 0.25) is 0 Å².